The van der Waals surface area contributed by atoms with Gasteiger partial charge in [0.25, 0.3) is 0 Å². The molecule has 0 saturated carbocycles. The molecule has 0 bridgehead atoms. The number of ether oxygens (including phenoxy) is 1. The molecule has 49 heavy (non-hydrogen) atoms. The average Bonchev–Trinajstić information content (AvgIpc) is 3.53. The van der Waals surface area contributed by atoms with Gasteiger partial charge in [-0.3, -0.25) is 19.5 Å². The second-order valence-corrected chi connectivity index (χ2v) is 21.8. The highest BCUT2D eigenvalue weighted by atomic mass is 32.2. The van der Waals surface area contributed by atoms with Crippen LogP contribution in [0.15, 0.2) is 65.8 Å². The number of carbonyl (C=O) groups excluding carboxylic acids is 2. The van der Waals surface area contributed by atoms with Gasteiger partial charge in [-0.25, -0.2) is 13.4 Å². The van der Waals surface area contributed by atoms with Gasteiger partial charge in [-0.15, -0.1) is 0 Å². The van der Waals surface area contributed by atoms with Crippen molar-refractivity contribution in [1.29, 1.82) is 0 Å². The van der Waals surface area contributed by atoms with E-state index in [0.717, 1.165) is 6.04 Å². The van der Waals surface area contributed by atoms with Crippen molar-refractivity contribution in [3.63, 3.8) is 0 Å². The van der Waals surface area contributed by atoms with E-state index in [4.69, 9.17) is 4.74 Å². The maximum absolute atomic E-state index is 14.1. The lowest BCUT2D eigenvalue weighted by Gasteiger charge is -2.43. The third-order valence-corrected chi connectivity index (χ3v) is 12.9. The number of hydrogen-bond donors (Lipinski definition) is 1. The Labute approximate surface area is 285 Å². The van der Waals surface area contributed by atoms with Crippen LogP contribution in [0.3, 0.4) is 0 Å². The molecule has 1 aliphatic carbocycles. The number of nitrogens with one attached hydrogen (secondary N) is 1. The summed E-state index contributed by atoms with van der Waals surface area (Å²) in [4.78, 5) is 38.4. The van der Waals surface area contributed by atoms with Crippen molar-refractivity contribution in [3.05, 3.63) is 83.3 Å². The Morgan fingerprint density at radius 1 is 1.06 bits per heavy atom. The van der Waals surface area contributed by atoms with Crippen molar-refractivity contribution in [2.75, 3.05) is 24.8 Å². The first-order valence-corrected chi connectivity index (χ1v) is 21.5. The number of rotatable bonds is 10. The van der Waals surface area contributed by atoms with Gasteiger partial charge >= 0.3 is 6.18 Å². The molecule has 2 aliphatic heterocycles. The number of fused-ring (bicyclic) bond motifs is 3. The van der Waals surface area contributed by atoms with Gasteiger partial charge < -0.3 is 9.64 Å². The fraction of sp³-hybridized carbons (Fsp3) is 0.471. The predicted molar refractivity (Wildman–Crippen MR) is 179 cm³/mol. The van der Waals surface area contributed by atoms with E-state index in [9.17, 15) is 31.2 Å². The fourth-order valence-electron chi connectivity index (χ4n) is 7.15. The topological polar surface area (TPSA) is 122 Å². The van der Waals surface area contributed by atoms with Crippen LogP contribution in [-0.4, -0.2) is 81.3 Å². The molecule has 1 aromatic carbocycles. The molecule has 4 atom stereocenters. The Kier molecular flexibility index (Phi) is 9.26. The molecule has 262 valence electrons. The molecule has 4 heterocycles. The normalized spacial score (nSPS) is 24.1. The molecule has 2 amide bonds. The van der Waals surface area contributed by atoms with Crippen LogP contribution in [0.5, 0.6) is 0 Å². The van der Waals surface area contributed by atoms with Gasteiger partial charge in [-0.1, -0.05) is 56.0 Å². The van der Waals surface area contributed by atoms with E-state index >= 15 is 0 Å². The Hall–Kier alpha value is -3.66. The number of likely N-dealkylation sites (tertiary alicyclic amines) is 1. The zero-order chi connectivity index (χ0) is 35.4. The maximum atomic E-state index is 14.1. The number of anilines is 1. The summed E-state index contributed by atoms with van der Waals surface area (Å²) in [5, 5.41) is 0. The van der Waals surface area contributed by atoms with E-state index in [1.54, 1.807) is 49.5 Å². The molecule has 2 aromatic heterocycles. The molecule has 6 rings (SSSR count). The van der Waals surface area contributed by atoms with E-state index < -0.39 is 60.1 Å². The van der Waals surface area contributed by atoms with E-state index in [2.05, 4.69) is 34.3 Å². The number of aromatic nitrogens is 2. The van der Waals surface area contributed by atoms with Crippen LogP contribution in [0, 0.1) is 0 Å². The molecule has 1 saturated heterocycles. The molecule has 0 radical (unpaired) electrons. The number of piperidine rings is 1. The Bertz CT molecular complexity index is 1860. The molecule has 1 fully saturated rings. The Morgan fingerprint density at radius 2 is 1.80 bits per heavy atom. The molecule has 3 aliphatic rings. The van der Waals surface area contributed by atoms with Gasteiger partial charge in [0.2, 0.25) is 21.8 Å². The van der Waals surface area contributed by atoms with Crippen LogP contribution < -0.4 is 9.62 Å². The van der Waals surface area contributed by atoms with Crippen LogP contribution in [0.4, 0.5) is 19.0 Å². The molecule has 10 nitrogen and oxygen atoms in total. The van der Waals surface area contributed by atoms with Crippen molar-refractivity contribution in [3.8, 4) is 0 Å². The smallest absolute Gasteiger partial charge is 0.361 e. The number of carbonyl (C=O) groups is 2. The number of amides is 2. The third-order valence-electron chi connectivity index (χ3n) is 9.76. The van der Waals surface area contributed by atoms with Gasteiger partial charge in [0, 0.05) is 56.7 Å². The molecular weight excluding hydrogens is 676 g/mol. The van der Waals surface area contributed by atoms with E-state index in [1.807, 2.05) is 6.07 Å². The van der Waals surface area contributed by atoms with E-state index in [0.29, 0.717) is 39.7 Å². The summed E-state index contributed by atoms with van der Waals surface area (Å²) in [6, 6.07) is 12.5. The lowest BCUT2D eigenvalue weighted by atomic mass is 9.80. The van der Waals surface area contributed by atoms with Crippen molar-refractivity contribution in [1.82, 2.24) is 19.6 Å². The molecule has 1 spiro atoms. The number of sulfonamides is 1. The minimum absolute atomic E-state index is 0.0206. The maximum Gasteiger partial charge on any atom is 0.406 e. The first kappa shape index (κ1) is 35.2. The summed E-state index contributed by atoms with van der Waals surface area (Å²) in [5.41, 5.74) is 1.50. The zero-order valence-electron chi connectivity index (χ0n) is 27.8. The lowest BCUT2D eigenvalue weighted by Crippen LogP contribution is -2.59. The fourth-order valence-corrected chi connectivity index (χ4v) is 9.11. The minimum atomic E-state index is -4.67. The summed E-state index contributed by atoms with van der Waals surface area (Å²) in [7, 11) is -5.76. The molecule has 15 heteroatoms. The predicted octanol–water partition coefficient (Wildman–Crippen LogP) is 4.79. The highest BCUT2D eigenvalue weighted by molar-refractivity contribution is 7.89. The van der Waals surface area contributed by atoms with Gasteiger partial charge in [-0.2, -0.15) is 17.9 Å². The Morgan fingerprint density at radius 3 is 2.49 bits per heavy atom. The van der Waals surface area contributed by atoms with Gasteiger partial charge in [0.1, 0.15) is 30.0 Å². The summed E-state index contributed by atoms with van der Waals surface area (Å²) in [6.45, 7) is 7.35. The number of halogens is 3. The first-order valence-electron chi connectivity index (χ1n) is 16.3. The second kappa shape index (κ2) is 12.9. The first-order chi connectivity index (χ1) is 23.0. The number of hydrogen-bond acceptors (Lipinski definition) is 7. The van der Waals surface area contributed by atoms with Gasteiger partial charge in [0.05, 0.1) is 5.41 Å². The summed E-state index contributed by atoms with van der Waals surface area (Å²) in [6.07, 6.45) is -1.50. The van der Waals surface area contributed by atoms with Crippen molar-refractivity contribution >= 4 is 35.7 Å². The standard InChI is InChI=1S/C34H40F3N5O5SSi/c1-22-26(23-9-6-5-7-10-23)16-28(31(43)41(22)20-34(35,36)37)40-48(45,46)25-15-24-17-33(18-29(24)39-19-25)27-11-8-12-38-30(27)42(32(33)44)21-47-13-14-49(2,3)4/h5-12,15,19,22,26,28,40H,13-14,16-18,20-21H2,1-4H3/t22-,26-,28+,33+/m1/s1. The molecular formula is C34H40F3N5O5SSi. The van der Waals surface area contributed by atoms with Crippen LogP contribution >= 0.6 is 0 Å². The number of benzene rings is 1. The van der Waals surface area contributed by atoms with Crippen molar-refractivity contribution < 1.29 is 35.9 Å². The van der Waals surface area contributed by atoms with E-state index in [-0.39, 0.29) is 36.8 Å². The summed E-state index contributed by atoms with van der Waals surface area (Å²) < 4.78 is 76.6. The largest absolute Gasteiger partial charge is 0.406 e. The number of pyridine rings is 2. The quantitative estimate of drug-likeness (QED) is 0.237. The highest BCUT2D eigenvalue weighted by Gasteiger charge is 2.55. The van der Waals surface area contributed by atoms with Gasteiger partial charge in [0.15, 0.2) is 0 Å². The van der Waals surface area contributed by atoms with Crippen molar-refractivity contribution in [2.45, 2.75) is 86.4 Å². The average molecular weight is 716 g/mol. The Balaban J connectivity index is 1.24. The van der Waals surface area contributed by atoms with Crippen LogP contribution in [0.2, 0.25) is 25.7 Å². The van der Waals surface area contributed by atoms with Crippen LogP contribution in [0.1, 0.15) is 41.6 Å². The SMILES string of the molecule is C[C@@H]1[C@H](c2ccccc2)C[C@H](NS(=O)(=O)c2cnc3c(c2)C[C@@]2(C3)C(=O)N(COCC[Si](C)(C)C)c3ncccc32)C(=O)N1CC(F)(F)F. The number of alkyl halides is 3. The molecule has 3 aromatic rings. The monoisotopic (exact) mass is 715 g/mol. The summed E-state index contributed by atoms with van der Waals surface area (Å²) >= 11 is 0. The zero-order valence-corrected chi connectivity index (χ0v) is 29.6. The van der Waals surface area contributed by atoms with Gasteiger partial charge in [-0.05, 0) is 49.1 Å². The van der Waals surface area contributed by atoms with Crippen LogP contribution in [-0.2, 0) is 42.6 Å². The number of nitrogens with zero attached hydrogens (tertiary/aromatic N) is 4. The van der Waals surface area contributed by atoms with Crippen molar-refractivity contribution in [2.24, 2.45) is 0 Å². The molecule has 1 N–H and O–H groups in total. The van der Waals surface area contributed by atoms with Crippen LogP contribution in [0.25, 0.3) is 0 Å². The lowest BCUT2D eigenvalue weighted by molar-refractivity contribution is -0.170. The minimum Gasteiger partial charge on any atom is -0.361 e. The summed E-state index contributed by atoms with van der Waals surface area (Å²) in [5.74, 6) is -1.18. The highest BCUT2D eigenvalue weighted by Crippen LogP contribution is 2.49. The van der Waals surface area contributed by atoms with E-state index in [1.165, 1.54) is 17.2 Å². The molecule has 0 unspecified atom stereocenters. The third kappa shape index (κ3) is 7.03. The second-order valence-electron chi connectivity index (χ2n) is 14.4.